The van der Waals surface area contributed by atoms with Gasteiger partial charge in [0, 0.05) is 12.0 Å². The number of carbonyl (C=O) groups excluding carboxylic acids is 1. The SMILES string of the molecule is CCCCCC(=O)N[C@@H]([NH2+]Cc1ccccc1)C(Cl)(Cl)Cl. The maximum absolute atomic E-state index is 11.9. The maximum Gasteiger partial charge on any atom is 0.262 e. The Morgan fingerprint density at radius 1 is 1.24 bits per heavy atom. The number of hydrogen-bond donors (Lipinski definition) is 2. The molecule has 3 N–H and O–H groups in total. The van der Waals surface area contributed by atoms with E-state index in [0.29, 0.717) is 13.0 Å². The number of alkyl halides is 3. The first-order valence-electron chi connectivity index (χ1n) is 7.16. The van der Waals surface area contributed by atoms with Gasteiger partial charge in [-0.1, -0.05) is 84.9 Å². The van der Waals surface area contributed by atoms with Crippen LogP contribution in [0.25, 0.3) is 0 Å². The highest BCUT2D eigenvalue weighted by molar-refractivity contribution is 6.68. The summed E-state index contributed by atoms with van der Waals surface area (Å²) >= 11 is 17.9. The Balaban J connectivity index is 2.50. The molecule has 21 heavy (non-hydrogen) atoms. The molecule has 0 saturated heterocycles. The van der Waals surface area contributed by atoms with Crippen molar-refractivity contribution in [3.05, 3.63) is 35.9 Å². The highest BCUT2D eigenvalue weighted by Crippen LogP contribution is 2.27. The number of benzene rings is 1. The van der Waals surface area contributed by atoms with Gasteiger partial charge in [-0.05, 0) is 6.42 Å². The average molecular weight is 353 g/mol. The zero-order valence-corrected chi connectivity index (χ0v) is 14.4. The smallest absolute Gasteiger partial charge is 0.262 e. The van der Waals surface area contributed by atoms with Crippen molar-refractivity contribution >= 4 is 40.7 Å². The first-order valence-corrected chi connectivity index (χ1v) is 8.30. The summed E-state index contributed by atoms with van der Waals surface area (Å²) in [5.74, 6) is -0.0795. The number of rotatable bonds is 8. The van der Waals surface area contributed by atoms with Crippen LogP contribution in [-0.4, -0.2) is 15.9 Å². The van der Waals surface area contributed by atoms with E-state index in [-0.39, 0.29) is 5.91 Å². The maximum atomic E-state index is 11.9. The average Bonchev–Trinajstić information content (AvgIpc) is 2.43. The molecule has 0 spiro atoms. The normalized spacial score (nSPS) is 13.0. The molecule has 0 aliphatic carbocycles. The predicted molar refractivity (Wildman–Crippen MR) is 88.4 cm³/mol. The number of hydrogen-bond acceptors (Lipinski definition) is 1. The quantitative estimate of drug-likeness (QED) is 0.421. The van der Waals surface area contributed by atoms with Crippen LogP contribution in [0.1, 0.15) is 38.2 Å². The van der Waals surface area contributed by atoms with Gasteiger partial charge in [0.1, 0.15) is 6.54 Å². The van der Waals surface area contributed by atoms with Crippen molar-refractivity contribution in [1.82, 2.24) is 5.32 Å². The zero-order chi connectivity index (χ0) is 15.7. The fraction of sp³-hybridized carbons (Fsp3) is 0.533. The van der Waals surface area contributed by atoms with E-state index in [1.165, 1.54) is 0 Å². The van der Waals surface area contributed by atoms with E-state index in [1.54, 1.807) is 0 Å². The molecule has 0 unspecified atom stereocenters. The number of quaternary nitrogens is 1. The third-order valence-corrected chi connectivity index (χ3v) is 3.81. The van der Waals surface area contributed by atoms with E-state index >= 15 is 0 Å². The molecule has 118 valence electrons. The summed E-state index contributed by atoms with van der Waals surface area (Å²) in [6.07, 6.45) is 2.82. The van der Waals surface area contributed by atoms with Crippen molar-refractivity contribution in [3.63, 3.8) is 0 Å². The fourth-order valence-corrected chi connectivity index (χ4v) is 2.35. The van der Waals surface area contributed by atoms with Crippen molar-refractivity contribution in [1.29, 1.82) is 0 Å². The van der Waals surface area contributed by atoms with Gasteiger partial charge in [0.05, 0.1) is 0 Å². The van der Waals surface area contributed by atoms with Gasteiger partial charge in [-0.3, -0.25) is 4.79 Å². The highest BCUT2D eigenvalue weighted by atomic mass is 35.6. The Bertz CT molecular complexity index is 421. The Morgan fingerprint density at radius 2 is 1.90 bits per heavy atom. The molecule has 1 atom stereocenters. The molecule has 1 aromatic carbocycles. The second-order valence-electron chi connectivity index (χ2n) is 4.97. The van der Waals surface area contributed by atoms with E-state index in [0.717, 1.165) is 24.8 Å². The van der Waals surface area contributed by atoms with Crippen LogP contribution in [0.5, 0.6) is 0 Å². The van der Waals surface area contributed by atoms with E-state index in [9.17, 15) is 4.79 Å². The Hall–Kier alpha value is -0.480. The summed E-state index contributed by atoms with van der Waals surface area (Å²) in [7, 11) is 0. The van der Waals surface area contributed by atoms with Crippen molar-refractivity contribution < 1.29 is 10.1 Å². The molecule has 3 nitrogen and oxygen atoms in total. The molecule has 1 amide bonds. The Kier molecular flexibility index (Phi) is 8.42. The largest absolute Gasteiger partial charge is 0.319 e. The van der Waals surface area contributed by atoms with Crippen LogP contribution < -0.4 is 10.6 Å². The lowest BCUT2D eigenvalue weighted by atomic mass is 10.2. The van der Waals surface area contributed by atoms with Crippen molar-refractivity contribution in [2.75, 3.05) is 0 Å². The number of nitrogens with one attached hydrogen (secondary N) is 1. The lowest BCUT2D eigenvalue weighted by Gasteiger charge is -2.23. The molecule has 0 fully saturated rings. The fourth-order valence-electron chi connectivity index (χ4n) is 1.92. The van der Waals surface area contributed by atoms with Crippen LogP contribution in [-0.2, 0) is 11.3 Å². The van der Waals surface area contributed by atoms with Crippen molar-refractivity contribution in [3.8, 4) is 0 Å². The second-order valence-corrected chi connectivity index (χ2v) is 7.34. The lowest BCUT2D eigenvalue weighted by molar-refractivity contribution is -0.707. The van der Waals surface area contributed by atoms with Gasteiger partial charge in [-0.25, -0.2) is 0 Å². The third-order valence-electron chi connectivity index (χ3n) is 3.11. The van der Waals surface area contributed by atoms with Crippen LogP contribution >= 0.6 is 34.8 Å². The molecule has 1 aromatic rings. The molecule has 1 rings (SSSR count). The van der Waals surface area contributed by atoms with Crippen LogP contribution in [0.15, 0.2) is 30.3 Å². The van der Waals surface area contributed by atoms with Gasteiger partial charge in [-0.2, -0.15) is 0 Å². The van der Waals surface area contributed by atoms with Crippen LogP contribution in [0.2, 0.25) is 0 Å². The van der Waals surface area contributed by atoms with Gasteiger partial charge in [0.25, 0.3) is 3.79 Å². The zero-order valence-electron chi connectivity index (χ0n) is 12.1. The predicted octanol–water partition coefficient (Wildman–Crippen LogP) is 3.14. The minimum Gasteiger partial charge on any atom is -0.319 e. The third kappa shape index (κ3) is 7.91. The molecular weight excluding hydrogens is 331 g/mol. The molecule has 0 bridgehead atoms. The molecule has 0 heterocycles. The molecule has 0 saturated carbocycles. The number of amides is 1. The molecule has 0 aromatic heterocycles. The van der Waals surface area contributed by atoms with Crippen molar-refractivity contribution in [2.45, 2.75) is 49.1 Å². The van der Waals surface area contributed by atoms with Crippen LogP contribution in [0.3, 0.4) is 0 Å². The Labute approximate surface area is 141 Å². The lowest BCUT2D eigenvalue weighted by Crippen LogP contribution is -2.95. The van der Waals surface area contributed by atoms with E-state index in [1.807, 2.05) is 35.6 Å². The highest BCUT2D eigenvalue weighted by Gasteiger charge is 2.37. The molecule has 0 aliphatic rings. The molecule has 0 aliphatic heterocycles. The molecule has 6 heteroatoms. The van der Waals surface area contributed by atoms with E-state index in [2.05, 4.69) is 12.2 Å². The molecular formula is C15H22Cl3N2O+. The molecule has 0 radical (unpaired) electrons. The minimum absolute atomic E-state index is 0.0795. The van der Waals surface area contributed by atoms with E-state index in [4.69, 9.17) is 34.8 Å². The standard InChI is InChI=1S/C15H21Cl3N2O/c1-2-3-5-10-13(21)20-14(15(16,17)18)19-11-12-8-6-4-7-9-12/h4,6-9,14,19H,2-3,5,10-11H2,1H3,(H,20,21)/p+1/t14-/m1/s1. The minimum atomic E-state index is -1.55. The van der Waals surface area contributed by atoms with E-state index < -0.39 is 9.96 Å². The monoisotopic (exact) mass is 351 g/mol. The second kappa shape index (κ2) is 9.52. The summed E-state index contributed by atoms with van der Waals surface area (Å²) < 4.78 is -1.55. The summed E-state index contributed by atoms with van der Waals surface area (Å²) in [6.45, 7) is 2.73. The summed E-state index contributed by atoms with van der Waals surface area (Å²) in [5.41, 5.74) is 1.11. The topological polar surface area (TPSA) is 45.7 Å². The summed E-state index contributed by atoms with van der Waals surface area (Å²) in [5, 5.41) is 4.63. The number of halogens is 3. The van der Waals surface area contributed by atoms with Gasteiger partial charge in [0.2, 0.25) is 12.1 Å². The first kappa shape index (κ1) is 18.6. The number of nitrogens with two attached hydrogens (primary N) is 1. The van der Waals surface area contributed by atoms with Crippen LogP contribution in [0, 0.1) is 0 Å². The van der Waals surface area contributed by atoms with Gasteiger partial charge < -0.3 is 10.6 Å². The Morgan fingerprint density at radius 3 is 2.48 bits per heavy atom. The first-order chi connectivity index (χ1) is 9.93. The summed E-state index contributed by atoms with van der Waals surface area (Å²) in [6, 6.07) is 9.85. The van der Waals surface area contributed by atoms with Gasteiger partial charge in [0.15, 0.2) is 0 Å². The number of unbranched alkanes of at least 4 members (excludes halogenated alkanes) is 2. The van der Waals surface area contributed by atoms with Crippen LogP contribution in [0.4, 0.5) is 0 Å². The van der Waals surface area contributed by atoms with Gasteiger partial charge in [-0.15, -0.1) is 0 Å². The summed E-state index contributed by atoms with van der Waals surface area (Å²) in [4.78, 5) is 11.9. The number of carbonyl (C=O) groups is 1. The van der Waals surface area contributed by atoms with Gasteiger partial charge >= 0.3 is 0 Å². The van der Waals surface area contributed by atoms with Crippen molar-refractivity contribution in [2.24, 2.45) is 0 Å².